The minimum atomic E-state index is -3.54. The lowest BCUT2D eigenvalue weighted by Gasteiger charge is -2.54. The summed E-state index contributed by atoms with van der Waals surface area (Å²) in [7, 11) is -3.54. The Balaban J connectivity index is 1.58. The Hall–Kier alpha value is -0.290. The number of sulfonamides is 1. The van der Waals surface area contributed by atoms with Crippen LogP contribution >= 0.6 is 23.2 Å². The number of hydrogen-bond acceptors (Lipinski definition) is 2. The third kappa shape index (κ3) is 2.58. The Labute approximate surface area is 141 Å². The van der Waals surface area contributed by atoms with E-state index in [1.807, 2.05) is 0 Å². The molecular weight excluding hydrogens is 341 g/mol. The molecular formula is C16H19Cl2NO2S. The minimum absolute atomic E-state index is 0.0900. The second-order valence-electron chi connectivity index (χ2n) is 7.15. The molecule has 4 aliphatic rings. The molecule has 4 aliphatic carbocycles. The number of hydrogen-bond donors (Lipinski definition) is 1. The van der Waals surface area contributed by atoms with Crippen molar-refractivity contribution < 1.29 is 8.42 Å². The van der Waals surface area contributed by atoms with Crippen molar-refractivity contribution in [3.63, 3.8) is 0 Å². The van der Waals surface area contributed by atoms with Crippen molar-refractivity contribution in [1.29, 1.82) is 0 Å². The topological polar surface area (TPSA) is 46.2 Å². The summed E-state index contributed by atoms with van der Waals surface area (Å²) in [6, 6.07) is 4.58. The quantitative estimate of drug-likeness (QED) is 0.882. The van der Waals surface area contributed by atoms with E-state index in [9.17, 15) is 8.42 Å². The lowest BCUT2D eigenvalue weighted by Crippen LogP contribution is -2.55. The molecule has 1 aromatic rings. The van der Waals surface area contributed by atoms with Crippen LogP contribution in [-0.4, -0.2) is 14.5 Å². The summed E-state index contributed by atoms with van der Waals surface area (Å²) in [5.41, 5.74) is 0. The molecule has 4 bridgehead atoms. The lowest BCUT2D eigenvalue weighted by atomic mass is 9.54. The van der Waals surface area contributed by atoms with E-state index in [1.165, 1.54) is 50.3 Å². The SMILES string of the molecule is O=S(=O)(NC1C2CC3CC(C2)CC1C3)c1ccc(Cl)c(Cl)c1. The van der Waals surface area contributed by atoms with Gasteiger partial charge in [-0.2, -0.15) is 0 Å². The third-order valence-corrected chi connectivity index (χ3v) is 7.92. The van der Waals surface area contributed by atoms with E-state index in [0.717, 1.165) is 11.8 Å². The molecule has 1 aromatic carbocycles. The minimum Gasteiger partial charge on any atom is -0.208 e. The van der Waals surface area contributed by atoms with E-state index < -0.39 is 10.0 Å². The van der Waals surface area contributed by atoms with Crippen molar-refractivity contribution in [1.82, 2.24) is 4.72 Å². The van der Waals surface area contributed by atoms with Crippen molar-refractivity contribution in [2.75, 3.05) is 0 Å². The maximum absolute atomic E-state index is 12.7. The summed E-state index contributed by atoms with van der Waals surface area (Å²) >= 11 is 11.8. The molecule has 5 rings (SSSR count). The molecule has 1 N–H and O–H groups in total. The van der Waals surface area contributed by atoms with Crippen molar-refractivity contribution in [2.45, 2.75) is 43.0 Å². The third-order valence-electron chi connectivity index (χ3n) is 5.72. The molecule has 0 saturated heterocycles. The highest BCUT2D eigenvalue weighted by Gasteiger charge is 2.49. The number of rotatable bonds is 3. The molecule has 0 aliphatic heterocycles. The molecule has 0 aromatic heterocycles. The zero-order valence-corrected chi connectivity index (χ0v) is 14.5. The Kier molecular flexibility index (Phi) is 3.72. The Bertz CT molecular complexity index is 676. The predicted octanol–water partition coefficient (Wildman–Crippen LogP) is 4.10. The molecule has 120 valence electrons. The maximum atomic E-state index is 12.7. The largest absolute Gasteiger partial charge is 0.240 e. The van der Waals surface area contributed by atoms with Gasteiger partial charge in [0.25, 0.3) is 0 Å². The van der Waals surface area contributed by atoms with Crippen LogP contribution in [0.4, 0.5) is 0 Å². The van der Waals surface area contributed by atoms with Crippen molar-refractivity contribution in [3.05, 3.63) is 28.2 Å². The summed E-state index contributed by atoms with van der Waals surface area (Å²) in [5.74, 6) is 2.67. The van der Waals surface area contributed by atoms with Crippen LogP contribution in [0.15, 0.2) is 23.1 Å². The van der Waals surface area contributed by atoms with E-state index in [-0.39, 0.29) is 16.0 Å². The van der Waals surface area contributed by atoms with Gasteiger partial charge in [-0.1, -0.05) is 23.2 Å². The normalized spacial score (nSPS) is 36.7. The van der Waals surface area contributed by atoms with E-state index >= 15 is 0 Å². The fraction of sp³-hybridized carbons (Fsp3) is 0.625. The molecule has 0 heterocycles. The predicted molar refractivity (Wildman–Crippen MR) is 87.6 cm³/mol. The van der Waals surface area contributed by atoms with Gasteiger partial charge in [-0.25, -0.2) is 13.1 Å². The summed E-state index contributed by atoms with van der Waals surface area (Å²) in [6.45, 7) is 0. The molecule has 0 unspecified atom stereocenters. The highest BCUT2D eigenvalue weighted by atomic mass is 35.5. The van der Waals surface area contributed by atoms with Crippen LogP contribution in [0, 0.1) is 23.7 Å². The lowest BCUT2D eigenvalue weighted by molar-refractivity contribution is -0.00557. The van der Waals surface area contributed by atoms with Crippen LogP contribution in [0.5, 0.6) is 0 Å². The van der Waals surface area contributed by atoms with Crippen LogP contribution in [0.1, 0.15) is 32.1 Å². The van der Waals surface area contributed by atoms with Gasteiger partial charge in [-0.15, -0.1) is 0 Å². The van der Waals surface area contributed by atoms with Crippen LogP contribution in [0.25, 0.3) is 0 Å². The Morgan fingerprint density at radius 3 is 2.05 bits per heavy atom. The first-order valence-electron chi connectivity index (χ1n) is 7.90. The molecule has 4 saturated carbocycles. The number of benzene rings is 1. The number of nitrogens with one attached hydrogen (secondary N) is 1. The highest BCUT2D eigenvalue weighted by Crippen LogP contribution is 2.53. The van der Waals surface area contributed by atoms with Gasteiger partial charge >= 0.3 is 0 Å². The van der Waals surface area contributed by atoms with Crippen molar-refractivity contribution in [3.8, 4) is 0 Å². The highest BCUT2D eigenvalue weighted by molar-refractivity contribution is 7.89. The van der Waals surface area contributed by atoms with Gasteiger partial charge in [0.15, 0.2) is 0 Å². The first-order valence-corrected chi connectivity index (χ1v) is 10.1. The smallest absolute Gasteiger partial charge is 0.208 e. The standard InChI is InChI=1S/C16H19Cl2NO2S/c17-14-2-1-13(8-15(14)18)22(20,21)19-16-11-4-9-3-10(6-11)7-12(16)5-9/h1-2,8-12,16,19H,3-7H2. The fourth-order valence-electron chi connectivity index (χ4n) is 5.01. The average Bonchev–Trinajstić information content (AvgIpc) is 2.45. The molecule has 0 amide bonds. The fourth-order valence-corrected chi connectivity index (χ4v) is 6.77. The summed E-state index contributed by atoms with van der Waals surface area (Å²) in [6.07, 6.45) is 6.09. The van der Waals surface area contributed by atoms with Crippen LogP contribution in [0.2, 0.25) is 10.0 Å². The van der Waals surface area contributed by atoms with E-state index in [1.54, 1.807) is 0 Å². The van der Waals surface area contributed by atoms with Crippen molar-refractivity contribution in [2.24, 2.45) is 23.7 Å². The van der Waals surface area contributed by atoms with Gasteiger partial charge in [0.1, 0.15) is 0 Å². The van der Waals surface area contributed by atoms with Gasteiger partial charge in [0, 0.05) is 6.04 Å². The van der Waals surface area contributed by atoms with Gasteiger partial charge in [0.2, 0.25) is 10.0 Å². The van der Waals surface area contributed by atoms with Crippen LogP contribution in [0.3, 0.4) is 0 Å². The van der Waals surface area contributed by atoms with Crippen LogP contribution < -0.4 is 4.72 Å². The van der Waals surface area contributed by atoms with Gasteiger partial charge in [-0.05, 0) is 74.0 Å². The maximum Gasteiger partial charge on any atom is 0.240 e. The summed E-state index contributed by atoms with van der Waals surface area (Å²) in [4.78, 5) is 0.204. The van der Waals surface area contributed by atoms with Gasteiger partial charge < -0.3 is 0 Å². The monoisotopic (exact) mass is 359 g/mol. The summed E-state index contributed by atoms with van der Waals surface area (Å²) in [5, 5.41) is 0.643. The second-order valence-corrected chi connectivity index (χ2v) is 9.68. The number of halogens is 2. The van der Waals surface area contributed by atoms with E-state index in [4.69, 9.17) is 23.2 Å². The first kappa shape index (κ1) is 15.3. The second kappa shape index (κ2) is 5.37. The molecule has 0 spiro atoms. The molecule has 3 nitrogen and oxygen atoms in total. The Morgan fingerprint density at radius 1 is 0.909 bits per heavy atom. The molecule has 4 fully saturated rings. The Morgan fingerprint density at radius 2 is 1.50 bits per heavy atom. The van der Waals surface area contributed by atoms with Crippen molar-refractivity contribution >= 4 is 33.2 Å². The van der Waals surface area contributed by atoms with Gasteiger partial charge in [0.05, 0.1) is 14.9 Å². The zero-order chi connectivity index (χ0) is 15.5. The average molecular weight is 360 g/mol. The molecule has 6 heteroatoms. The first-order chi connectivity index (χ1) is 10.4. The van der Waals surface area contributed by atoms with E-state index in [2.05, 4.69) is 4.72 Å². The van der Waals surface area contributed by atoms with E-state index in [0.29, 0.717) is 16.9 Å². The van der Waals surface area contributed by atoms with Crippen LogP contribution in [-0.2, 0) is 10.0 Å². The van der Waals surface area contributed by atoms with Gasteiger partial charge in [-0.3, -0.25) is 0 Å². The molecule has 0 radical (unpaired) electrons. The molecule has 22 heavy (non-hydrogen) atoms. The summed E-state index contributed by atoms with van der Waals surface area (Å²) < 4.78 is 28.3. The molecule has 0 atom stereocenters. The zero-order valence-electron chi connectivity index (χ0n) is 12.1.